The van der Waals surface area contributed by atoms with Gasteiger partial charge in [-0.1, -0.05) is 54.1 Å². The molecule has 0 heterocycles. The lowest BCUT2D eigenvalue weighted by Gasteiger charge is -2.11. The van der Waals surface area contributed by atoms with E-state index in [1.54, 1.807) is 36.4 Å². The molecule has 0 aromatic heterocycles. The van der Waals surface area contributed by atoms with Crippen molar-refractivity contribution in [3.8, 4) is 16.9 Å². The van der Waals surface area contributed by atoms with Crippen molar-refractivity contribution in [1.82, 2.24) is 5.32 Å². The van der Waals surface area contributed by atoms with Crippen LogP contribution >= 0.6 is 11.6 Å². The standard InChI is InChI=1S/C22H21ClN2O4S/c1-29-20-10-9-17(23)14-19(20)22(26)25-12-11-15-5-4-6-16(13-15)18-7-2-3-8-21(18)30(24,27)28/h2-10,13-14H,11-12H2,1H3,(H,25,26)(H2,24,27,28). The summed E-state index contributed by atoms with van der Waals surface area (Å²) in [5, 5.41) is 8.64. The SMILES string of the molecule is COc1ccc(Cl)cc1C(=O)NCCc1cccc(-c2ccccc2S(N)(=O)=O)c1. The molecule has 0 aliphatic carbocycles. The number of rotatable bonds is 7. The summed E-state index contributed by atoms with van der Waals surface area (Å²) in [5.41, 5.74) is 2.57. The Hall–Kier alpha value is -2.87. The number of hydrogen-bond donors (Lipinski definition) is 2. The van der Waals surface area contributed by atoms with E-state index in [-0.39, 0.29) is 10.8 Å². The minimum absolute atomic E-state index is 0.0727. The van der Waals surface area contributed by atoms with Crippen LogP contribution in [0.4, 0.5) is 0 Å². The van der Waals surface area contributed by atoms with Crippen LogP contribution in [0.1, 0.15) is 15.9 Å². The molecule has 3 aromatic carbocycles. The van der Waals surface area contributed by atoms with Crippen LogP contribution < -0.4 is 15.2 Å². The summed E-state index contributed by atoms with van der Waals surface area (Å²) in [7, 11) is -2.35. The van der Waals surface area contributed by atoms with E-state index >= 15 is 0 Å². The number of amides is 1. The highest BCUT2D eigenvalue weighted by atomic mass is 35.5. The van der Waals surface area contributed by atoms with Crippen molar-refractivity contribution in [2.75, 3.05) is 13.7 Å². The lowest BCUT2D eigenvalue weighted by molar-refractivity contribution is 0.0951. The van der Waals surface area contributed by atoms with E-state index in [1.807, 2.05) is 24.3 Å². The van der Waals surface area contributed by atoms with Gasteiger partial charge in [-0.05, 0) is 41.8 Å². The molecule has 0 unspecified atom stereocenters. The Morgan fingerprint density at radius 1 is 1.07 bits per heavy atom. The number of nitrogens with two attached hydrogens (primary N) is 1. The monoisotopic (exact) mass is 444 g/mol. The zero-order valence-electron chi connectivity index (χ0n) is 16.3. The maximum atomic E-state index is 12.5. The smallest absolute Gasteiger partial charge is 0.255 e. The Morgan fingerprint density at radius 3 is 2.57 bits per heavy atom. The number of ether oxygens (including phenoxy) is 1. The number of methoxy groups -OCH3 is 1. The van der Waals surface area contributed by atoms with E-state index < -0.39 is 10.0 Å². The quantitative estimate of drug-likeness (QED) is 0.581. The van der Waals surface area contributed by atoms with Gasteiger partial charge in [0.15, 0.2) is 0 Å². The fourth-order valence-corrected chi connectivity index (χ4v) is 4.05. The second-order valence-electron chi connectivity index (χ2n) is 6.59. The third-order valence-corrected chi connectivity index (χ3v) is 5.74. The minimum atomic E-state index is -3.84. The van der Waals surface area contributed by atoms with Gasteiger partial charge < -0.3 is 10.1 Å². The topological polar surface area (TPSA) is 98.5 Å². The highest BCUT2D eigenvalue weighted by molar-refractivity contribution is 7.89. The molecule has 6 nitrogen and oxygen atoms in total. The summed E-state index contributed by atoms with van der Waals surface area (Å²) < 4.78 is 29.0. The van der Waals surface area contributed by atoms with Crippen LogP contribution in [0.15, 0.2) is 71.6 Å². The molecule has 3 aromatic rings. The van der Waals surface area contributed by atoms with Gasteiger partial charge in [0.05, 0.1) is 17.6 Å². The number of sulfonamides is 1. The summed E-state index contributed by atoms with van der Waals surface area (Å²) in [5.74, 6) is 0.156. The molecule has 0 fully saturated rings. The molecule has 0 saturated heterocycles. The third-order valence-electron chi connectivity index (χ3n) is 4.54. The highest BCUT2D eigenvalue weighted by Crippen LogP contribution is 2.27. The first-order valence-corrected chi connectivity index (χ1v) is 11.0. The predicted octanol–water partition coefficient (Wildman–Crippen LogP) is 3.64. The average Bonchev–Trinajstić information content (AvgIpc) is 2.73. The molecular formula is C22H21ClN2O4S. The molecule has 0 saturated carbocycles. The van der Waals surface area contributed by atoms with Gasteiger partial charge in [-0.15, -0.1) is 0 Å². The maximum absolute atomic E-state index is 12.5. The van der Waals surface area contributed by atoms with Crippen molar-refractivity contribution in [1.29, 1.82) is 0 Å². The van der Waals surface area contributed by atoms with E-state index in [4.69, 9.17) is 21.5 Å². The van der Waals surface area contributed by atoms with Gasteiger partial charge >= 0.3 is 0 Å². The maximum Gasteiger partial charge on any atom is 0.255 e. The van der Waals surface area contributed by atoms with Gasteiger partial charge in [0.1, 0.15) is 5.75 Å². The molecule has 8 heteroatoms. The van der Waals surface area contributed by atoms with Crippen molar-refractivity contribution in [3.05, 3.63) is 82.9 Å². The van der Waals surface area contributed by atoms with E-state index in [0.717, 1.165) is 11.1 Å². The lowest BCUT2D eigenvalue weighted by Crippen LogP contribution is -2.26. The second kappa shape index (κ2) is 9.30. The molecule has 3 rings (SSSR count). The molecule has 0 aliphatic heterocycles. The third kappa shape index (κ3) is 5.18. The summed E-state index contributed by atoms with van der Waals surface area (Å²) in [6, 6.07) is 18.9. The lowest BCUT2D eigenvalue weighted by atomic mass is 10.0. The fraction of sp³-hybridized carbons (Fsp3) is 0.136. The average molecular weight is 445 g/mol. The number of hydrogen-bond acceptors (Lipinski definition) is 4. The van der Waals surface area contributed by atoms with Crippen molar-refractivity contribution < 1.29 is 17.9 Å². The van der Waals surface area contributed by atoms with Crippen molar-refractivity contribution >= 4 is 27.5 Å². The molecule has 1 amide bonds. The Kier molecular flexibility index (Phi) is 6.77. The van der Waals surface area contributed by atoms with Crippen LogP contribution in [0.25, 0.3) is 11.1 Å². The van der Waals surface area contributed by atoms with Crippen molar-refractivity contribution in [3.63, 3.8) is 0 Å². The molecular weight excluding hydrogens is 424 g/mol. The molecule has 3 N–H and O–H groups in total. The van der Waals surface area contributed by atoms with E-state index in [9.17, 15) is 13.2 Å². The van der Waals surface area contributed by atoms with E-state index in [0.29, 0.717) is 34.9 Å². The summed E-state index contributed by atoms with van der Waals surface area (Å²) in [6.07, 6.45) is 0.556. The van der Waals surface area contributed by atoms with Gasteiger partial charge in [0.2, 0.25) is 10.0 Å². The number of benzene rings is 3. The number of primary sulfonamides is 1. The number of carbonyl (C=O) groups excluding carboxylic acids is 1. The Balaban J connectivity index is 1.73. The molecule has 0 spiro atoms. The normalized spacial score (nSPS) is 11.2. The molecule has 0 aliphatic rings. The van der Waals surface area contributed by atoms with E-state index in [2.05, 4.69) is 5.32 Å². The Morgan fingerprint density at radius 2 is 1.83 bits per heavy atom. The van der Waals surface area contributed by atoms with Gasteiger partial charge in [0, 0.05) is 17.1 Å². The first-order chi connectivity index (χ1) is 14.3. The number of halogens is 1. The largest absolute Gasteiger partial charge is 0.496 e. The Labute approximate surface area is 180 Å². The van der Waals surface area contributed by atoms with Gasteiger partial charge in [0.25, 0.3) is 5.91 Å². The zero-order valence-corrected chi connectivity index (χ0v) is 17.8. The number of carbonyl (C=O) groups is 1. The number of nitrogens with one attached hydrogen (secondary N) is 1. The predicted molar refractivity (Wildman–Crippen MR) is 117 cm³/mol. The van der Waals surface area contributed by atoms with E-state index in [1.165, 1.54) is 13.2 Å². The molecule has 0 atom stereocenters. The van der Waals surface area contributed by atoms with Crippen LogP contribution in [0, 0.1) is 0 Å². The summed E-state index contributed by atoms with van der Waals surface area (Å²) in [4.78, 5) is 12.6. The van der Waals surface area contributed by atoms with Crippen LogP contribution in [0.2, 0.25) is 5.02 Å². The summed E-state index contributed by atoms with van der Waals surface area (Å²) in [6.45, 7) is 0.384. The zero-order chi connectivity index (χ0) is 21.7. The van der Waals surface area contributed by atoms with Crippen molar-refractivity contribution in [2.45, 2.75) is 11.3 Å². The molecule has 0 bridgehead atoms. The van der Waals surface area contributed by atoms with Crippen molar-refractivity contribution in [2.24, 2.45) is 5.14 Å². The van der Waals surface area contributed by atoms with Crippen LogP contribution in [0.5, 0.6) is 5.75 Å². The first kappa shape index (κ1) is 21.8. The molecule has 0 radical (unpaired) electrons. The van der Waals surface area contributed by atoms with Gasteiger partial charge in [-0.25, -0.2) is 13.6 Å². The van der Waals surface area contributed by atoms with Crippen LogP contribution in [-0.2, 0) is 16.4 Å². The van der Waals surface area contributed by atoms with Crippen LogP contribution in [0.3, 0.4) is 0 Å². The second-order valence-corrected chi connectivity index (χ2v) is 8.56. The minimum Gasteiger partial charge on any atom is -0.496 e. The fourth-order valence-electron chi connectivity index (χ4n) is 3.12. The summed E-state index contributed by atoms with van der Waals surface area (Å²) >= 11 is 5.98. The van der Waals surface area contributed by atoms with Gasteiger partial charge in [-0.3, -0.25) is 4.79 Å². The molecule has 156 valence electrons. The first-order valence-electron chi connectivity index (χ1n) is 9.12. The highest BCUT2D eigenvalue weighted by Gasteiger charge is 2.15. The Bertz CT molecular complexity index is 1180. The van der Waals surface area contributed by atoms with Gasteiger partial charge in [-0.2, -0.15) is 0 Å². The molecule has 30 heavy (non-hydrogen) atoms. The van der Waals surface area contributed by atoms with Crippen LogP contribution in [-0.4, -0.2) is 28.0 Å².